The van der Waals surface area contributed by atoms with Crippen LogP contribution in [0.5, 0.6) is 5.75 Å². The Morgan fingerprint density at radius 1 is 1.23 bits per heavy atom. The molecule has 3 rings (SSSR count). The van der Waals surface area contributed by atoms with Crippen LogP contribution >= 0.6 is 12.2 Å². The van der Waals surface area contributed by atoms with Gasteiger partial charge < -0.3 is 10.1 Å². The maximum absolute atomic E-state index is 12.8. The van der Waals surface area contributed by atoms with Crippen LogP contribution in [0.2, 0.25) is 0 Å². The van der Waals surface area contributed by atoms with Crippen molar-refractivity contribution in [1.29, 1.82) is 0 Å². The van der Waals surface area contributed by atoms with Gasteiger partial charge in [-0.05, 0) is 61.6 Å². The topological polar surface area (TPSA) is 71.9 Å². The summed E-state index contributed by atoms with van der Waals surface area (Å²) in [7, 11) is 0. The number of aromatic amines is 1. The molecular formula is C20H19F3N4O2S. The number of amides is 1. The quantitative estimate of drug-likeness (QED) is 0.508. The minimum atomic E-state index is -4.47. The molecule has 30 heavy (non-hydrogen) atoms. The molecule has 0 saturated heterocycles. The second-order valence-corrected chi connectivity index (χ2v) is 6.72. The van der Waals surface area contributed by atoms with E-state index in [2.05, 4.69) is 15.5 Å². The number of carbonyl (C=O) groups is 1. The summed E-state index contributed by atoms with van der Waals surface area (Å²) >= 11 is 5.24. The zero-order chi connectivity index (χ0) is 21.7. The van der Waals surface area contributed by atoms with E-state index in [0.717, 1.165) is 23.4 Å². The molecule has 2 aromatic carbocycles. The molecule has 1 amide bonds. The summed E-state index contributed by atoms with van der Waals surface area (Å²) < 4.78 is 45.9. The van der Waals surface area contributed by atoms with Crippen molar-refractivity contribution in [2.45, 2.75) is 26.1 Å². The molecule has 0 spiro atoms. The summed E-state index contributed by atoms with van der Waals surface area (Å²) in [6.45, 7) is 2.66. The Balaban J connectivity index is 1.68. The van der Waals surface area contributed by atoms with Crippen LogP contribution < -0.4 is 10.1 Å². The highest BCUT2D eigenvalue weighted by molar-refractivity contribution is 7.71. The second-order valence-electron chi connectivity index (χ2n) is 6.34. The molecule has 0 aliphatic heterocycles. The largest absolute Gasteiger partial charge is 0.494 e. The zero-order valence-electron chi connectivity index (χ0n) is 16.0. The van der Waals surface area contributed by atoms with Gasteiger partial charge in [0.1, 0.15) is 5.75 Å². The van der Waals surface area contributed by atoms with Crippen LogP contribution in [-0.2, 0) is 17.5 Å². The van der Waals surface area contributed by atoms with Crippen molar-refractivity contribution in [3.63, 3.8) is 0 Å². The fourth-order valence-electron chi connectivity index (χ4n) is 2.82. The summed E-state index contributed by atoms with van der Waals surface area (Å²) in [6.07, 6.45) is -4.47. The maximum Gasteiger partial charge on any atom is 0.416 e. The van der Waals surface area contributed by atoms with Gasteiger partial charge in [0.15, 0.2) is 10.6 Å². The highest BCUT2D eigenvalue weighted by Gasteiger charge is 2.30. The highest BCUT2D eigenvalue weighted by Crippen LogP contribution is 2.30. The van der Waals surface area contributed by atoms with Crippen molar-refractivity contribution in [2.75, 3.05) is 11.9 Å². The van der Waals surface area contributed by atoms with Crippen LogP contribution in [0.3, 0.4) is 0 Å². The number of carbonyl (C=O) groups excluding carboxylic acids is 1. The van der Waals surface area contributed by atoms with Crippen molar-refractivity contribution in [2.24, 2.45) is 0 Å². The summed E-state index contributed by atoms with van der Waals surface area (Å²) in [5.41, 5.74) is 0.0385. The highest BCUT2D eigenvalue weighted by atomic mass is 32.1. The first-order chi connectivity index (χ1) is 14.3. The lowest BCUT2D eigenvalue weighted by molar-refractivity contribution is -0.137. The molecule has 0 saturated carbocycles. The van der Waals surface area contributed by atoms with Crippen LogP contribution in [-0.4, -0.2) is 27.3 Å². The van der Waals surface area contributed by atoms with E-state index in [1.807, 2.05) is 19.1 Å². The first kappa shape index (κ1) is 21.6. The van der Waals surface area contributed by atoms with Crippen LogP contribution in [0.15, 0.2) is 48.5 Å². The molecule has 0 aliphatic rings. The first-order valence-corrected chi connectivity index (χ1v) is 9.54. The molecule has 0 atom stereocenters. The second kappa shape index (κ2) is 9.12. The zero-order valence-corrected chi connectivity index (χ0v) is 16.8. The fourth-order valence-corrected chi connectivity index (χ4v) is 3.05. The minimum absolute atomic E-state index is 0.00805. The summed E-state index contributed by atoms with van der Waals surface area (Å²) in [6, 6.07) is 11.8. The Bertz CT molecular complexity index is 1070. The summed E-state index contributed by atoms with van der Waals surface area (Å²) in [5.74, 6) is 0.840. The van der Waals surface area contributed by atoms with Gasteiger partial charge in [0, 0.05) is 24.2 Å². The van der Waals surface area contributed by atoms with Gasteiger partial charge in [0.25, 0.3) is 0 Å². The lowest BCUT2D eigenvalue weighted by atomic mass is 10.2. The lowest BCUT2D eigenvalue weighted by Crippen LogP contribution is -2.15. The average molecular weight is 436 g/mol. The lowest BCUT2D eigenvalue weighted by Gasteiger charge is -2.11. The van der Waals surface area contributed by atoms with E-state index in [9.17, 15) is 18.0 Å². The molecule has 158 valence electrons. The molecule has 0 bridgehead atoms. The Hall–Kier alpha value is -3.14. The first-order valence-electron chi connectivity index (χ1n) is 9.13. The summed E-state index contributed by atoms with van der Waals surface area (Å²) in [4.78, 5) is 12.3. The SMILES string of the molecule is CCOc1ccc(-c2n[nH]c(=S)n2CCC(=O)Nc2cccc(C(F)(F)F)c2)cc1. The number of nitrogens with zero attached hydrogens (tertiary/aromatic N) is 2. The molecule has 1 heterocycles. The molecule has 0 fully saturated rings. The van der Waals surface area contributed by atoms with Gasteiger partial charge in [-0.15, -0.1) is 0 Å². The number of aromatic nitrogens is 3. The standard InChI is InChI=1S/C20H19F3N4O2S/c1-2-29-16-8-6-13(7-9-16)18-25-26-19(30)27(18)11-10-17(28)24-15-5-3-4-14(12-15)20(21,22)23/h3-9,12H,2,10-11H2,1H3,(H,24,28)(H,26,30). The van der Waals surface area contributed by atoms with Crippen LogP contribution in [0.1, 0.15) is 18.9 Å². The molecule has 6 nitrogen and oxygen atoms in total. The average Bonchev–Trinajstić information content (AvgIpc) is 3.07. The van der Waals surface area contributed by atoms with E-state index < -0.39 is 17.6 Å². The van der Waals surface area contributed by atoms with Gasteiger partial charge in [-0.1, -0.05) is 6.07 Å². The van der Waals surface area contributed by atoms with E-state index in [1.54, 1.807) is 16.7 Å². The number of hydrogen-bond acceptors (Lipinski definition) is 4. The van der Waals surface area contributed by atoms with Crippen LogP contribution in [0.4, 0.5) is 18.9 Å². The van der Waals surface area contributed by atoms with Crippen LogP contribution in [0.25, 0.3) is 11.4 Å². The number of ether oxygens (including phenoxy) is 1. The van der Waals surface area contributed by atoms with Gasteiger partial charge in [-0.3, -0.25) is 14.5 Å². The minimum Gasteiger partial charge on any atom is -0.494 e. The Kier molecular flexibility index (Phi) is 6.56. The Labute approximate surface area is 175 Å². The van der Waals surface area contributed by atoms with Crippen molar-refractivity contribution < 1.29 is 22.7 Å². The van der Waals surface area contributed by atoms with Crippen molar-refractivity contribution >= 4 is 23.8 Å². The van der Waals surface area contributed by atoms with Gasteiger partial charge in [-0.2, -0.15) is 18.3 Å². The number of benzene rings is 2. The molecule has 3 aromatic rings. The van der Waals surface area contributed by atoms with E-state index in [-0.39, 0.29) is 18.7 Å². The van der Waals surface area contributed by atoms with E-state index in [4.69, 9.17) is 17.0 Å². The molecule has 0 aliphatic carbocycles. The van der Waals surface area contributed by atoms with E-state index in [0.29, 0.717) is 17.2 Å². The van der Waals surface area contributed by atoms with E-state index >= 15 is 0 Å². The third-order valence-corrected chi connectivity index (χ3v) is 4.53. The van der Waals surface area contributed by atoms with Gasteiger partial charge in [0.05, 0.1) is 12.2 Å². The normalized spacial score (nSPS) is 11.3. The number of H-pyrrole nitrogens is 1. The smallest absolute Gasteiger partial charge is 0.416 e. The molecule has 10 heteroatoms. The Morgan fingerprint density at radius 2 is 1.97 bits per heavy atom. The van der Waals surface area contributed by atoms with Crippen molar-refractivity contribution in [3.05, 3.63) is 58.9 Å². The van der Waals surface area contributed by atoms with Gasteiger partial charge >= 0.3 is 6.18 Å². The van der Waals surface area contributed by atoms with Gasteiger partial charge in [-0.25, -0.2) is 0 Å². The molecule has 2 N–H and O–H groups in total. The fraction of sp³-hybridized carbons (Fsp3) is 0.250. The molecule has 0 unspecified atom stereocenters. The van der Waals surface area contributed by atoms with Crippen molar-refractivity contribution in [3.8, 4) is 17.1 Å². The monoisotopic (exact) mass is 436 g/mol. The van der Waals surface area contributed by atoms with E-state index in [1.165, 1.54) is 12.1 Å². The summed E-state index contributed by atoms with van der Waals surface area (Å²) in [5, 5.41) is 9.39. The number of nitrogens with one attached hydrogen (secondary N) is 2. The van der Waals surface area contributed by atoms with Crippen molar-refractivity contribution in [1.82, 2.24) is 14.8 Å². The van der Waals surface area contributed by atoms with Crippen LogP contribution in [0, 0.1) is 4.77 Å². The maximum atomic E-state index is 12.8. The molecule has 0 radical (unpaired) electrons. The number of hydrogen-bond donors (Lipinski definition) is 2. The predicted molar refractivity (Wildman–Crippen MR) is 109 cm³/mol. The molecular weight excluding hydrogens is 417 g/mol. The number of halogens is 3. The number of rotatable bonds is 7. The predicted octanol–water partition coefficient (Wildman–Crippen LogP) is 5.05. The number of anilines is 1. The third kappa shape index (κ3) is 5.26. The van der Waals surface area contributed by atoms with Gasteiger partial charge in [0.2, 0.25) is 5.91 Å². The number of alkyl halides is 3. The third-order valence-electron chi connectivity index (χ3n) is 4.22. The Morgan fingerprint density at radius 3 is 2.63 bits per heavy atom. The molecule has 1 aromatic heterocycles.